The molecule has 3 aliphatic rings. The van der Waals surface area contributed by atoms with Crippen molar-refractivity contribution in [3.05, 3.63) is 46.0 Å². The maximum Gasteiger partial charge on any atom is 0.269 e. The highest BCUT2D eigenvalue weighted by atomic mass is 32.2. The molecule has 1 aliphatic heterocycles. The number of benzene rings is 1. The number of nitro benzene ring substituents is 1. The van der Waals surface area contributed by atoms with Crippen LogP contribution in [0.4, 0.5) is 5.69 Å². The molecule has 0 N–H and O–H groups in total. The normalized spacial score (nSPS) is 32.2. The van der Waals surface area contributed by atoms with Crippen LogP contribution in [0.1, 0.15) is 31.2 Å². The largest absolute Gasteiger partial charge is 0.269 e. The molecule has 25 heavy (non-hydrogen) atoms. The van der Waals surface area contributed by atoms with E-state index in [-0.39, 0.29) is 22.9 Å². The quantitative estimate of drug-likeness (QED) is 0.467. The molecule has 0 radical (unpaired) electrons. The lowest BCUT2D eigenvalue weighted by Crippen LogP contribution is -2.41. The molecule has 3 fully saturated rings. The lowest BCUT2D eigenvalue weighted by atomic mass is 9.82. The Bertz CT molecular complexity index is 877. The van der Waals surface area contributed by atoms with Crippen molar-refractivity contribution >= 4 is 27.7 Å². The van der Waals surface area contributed by atoms with Crippen LogP contribution in [0.15, 0.2) is 30.3 Å². The topological polar surface area (TPSA) is 97.6 Å². The second-order valence-electron chi connectivity index (χ2n) is 7.29. The number of nitrogens with zero attached hydrogens (tertiary/aromatic N) is 2. The van der Waals surface area contributed by atoms with Gasteiger partial charge in [-0.3, -0.25) is 14.9 Å². The summed E-state index contributed by atoms with van der Waals surface area (Å²) >= 11 is 0. The third-order valence-electron chi connectivity index (χ3n) is 5.80. The first-order chi connectivity index (χ1) is 11.8. The summed E-state index contributed by atoms with van der Waals surface area (Å²) in [6.45, 7) is 0. The molecule has 4 rings (SSSR count). The van der Waals surface area contributed by atoms with E-state index in [0.29, 0.717) is 11.5 Å². The number of rotatable bonds is 3. The van der Waals surface area contributed by atoms with E-state index < -0.39 is 20.9 Å². The minimum absolute atomic E-state index is 0.0329. The Balaban J connectivity index is 1.55. The summed E-state index contributed by atoms with van der Waals surface area (Å²) in [7, 11) is -3.57. The monoisotopic (exact) mass is 362 g/mol. The van der Waals surface area contributed by atoms with Gasteiger partial charge in [-0.2, -0.15) is 0 Å². The van der Waals surface area contributed by atoms with E-state index >= 15 is 0 Å². The zero-order chi connectivity index (χ0) is 17.8. The molecule has 2 saturated carbocycles. The van der Waals surface area contributed by atoms with Gasteiger partial charge in [0, 0.05) is 23.6 Å². The molecular weight excluding hydrogens is 344 g/mol. The van der Waals surface area contributed by atoms with Crippen LogP contribution in [0.5, 0.6) is 0 Å². The second kappa shape index (κ2) is 5.39. The predicted molar refractivity (Wildman–Crippen MR) is 90.9 cm³/mol. The van der Waals surface area contributed by atoms with Gasteiger partial charge in [0.25, 0.3) is 11.6 Å². The zero-order valence-corrected chi connectivity index (χ0v) is 14.3. The lowest BCUT2D eigenvalue weighted by molar-refractivity contribution is -0.384. The van der Waals surface area contributed by atoms with Crippen molar-refractivity contribution < 1.29 is 18.1 Å². The SMILES string of the molecule is O=C(/C=C/c1ccc([N+](=O)[O-])cc1)N1C2CC3CCC2(C3)CS1(=O)=O. The highest BCUT2D eigenvalue weighted by molar-refractivity contribution is 7.90. The Kier molecular flexibility index (Phi) is 3.50. The molecule has 3 atom stereocenters. The minimum Gasteiger partial charge on any atom is -0.269 e. The van der Waals surface area contributed by atoms with Crippen molar-refractivity contribution in [3.63, 3.8) is 0 Å². The van der Waals surface area contributed by atoms with Crippen molar-refractivity contribution in [1.82, 2.24) is 4.31 Å². The van der Waals surface area contributed by atoms with Crippen molar-refractivity contribution in [2.24, 2.45) is 11.3 Å². The van der Waals surface area contributed by atoms with Crippen LogP contribution in [-0.4, -0.2) is 35.3 Å². The molecular formula is C17H18N2O5S. The summed E-state index contributed by atoms with van der Waals surface area (Å²) in [4.78, 5) is 22.7. The smallest absolute Gasteiger partial charge is 0.269 e. The van der Waals surface area contributed by atoms with Crippen LogP contribution in [0.3, 0.4) is 0 Å². The molecule has 8 heteroatoms. The fraction of sp³-hybridized carbons (Fsp3) is 0.471. The van der Waals surface area contributed by atoms with Crippen LogP contribution in [0, 0.1) is 21.4 Å². The third kappa shape index (κ3) is 2.55. The van der Waals surface area contributed by atoms with Crippen LogP contribution >= 0.6 is 0 Å². The van der Waals surface area contributed by atoms with Crippen LogP contribution in [0.25, 0.3) is 6.08 Å². The third-order valence-corrected chi connectivity index (χ3v) is 7.77. The van der Waals surface area contributed by atoms with Gasteiger partial charge in [-0.1, -0.05) is 0 Å². The number of amides is 1. The molecule has 7 nitrogen and oxygen atoms in total. The van der Waals surface area contributed by atoms with Crippen molar-refractivity contribution in [3.8, 4) is 0 Å². The minimum atomic E-state index is -3.57. The van der Waals surface area contributed by atoms with Gasteiger partial charge in [-0.15, -0.1) is 0 Å². The van der Waals surface area contributed by atoms with E-state index in [1.165, 1.54) is 36.4 Å². The molecule has 0 aromatic heterocycles. The van der Waals surface area contributed by atoms with Crippen molar-refractivity contribution in [2.75, 3.05) is 5.75 Å². The van der Waals surface area contributed by atoms with Gasteiger partial charge >= 0.3 is 0 Å². The van der Waals surface area contributed by atoms with Gasteiger partial charge in [-0.05, 0) is 55.4 Å². The highest BCUT2D eigenvalue weighted by Crippen LogP contribution is 2.60. The Morgan fingerprint density at radius 3 is 2.68 bits per heavy atom. The Hall–Kier alpha value is -2.22. The first kappa shape index (κ1) is 16.3. The molecule has 132 valence electrons. The van der Waals surface area contributed by atoms with Crippen molar-refractivity contribution in [1.29, 1.82) is 0 Å². The van der Waals surface area contributed by atoms with E-state index in [0.717, 1.165) is 30.0 Å². The lowest BCUT2D eigenvalue weighted by Gasteiger charge is -2.30. The van der Waals surface area contributed by atoms with Gasteiger partial charge in [0.1, 0.15) is 0 Å². The number of non-ortho nitro benzene ring substituents is 1. The van der Waals surface area contributed by atoms with E-state index in [9.17, 15) is 23.3 Å². The fourth-order valence-electron chi connectivity index (χ4n) is 4.78. The van der Waals surface area contributed by atoms with Crippen LogP contribution in [0.2, 0.25) is 0 Å². The molecule has 3 unspecified atom stereocenters. The van der Waals surface area contributed by atoms with Gasteiger partial charge in [0.15, 0.2) is 0 Å². The molecule has 1 saturated heterocycles. The Labute approximate surface area is 145 Å². The fourth-order valence-corrected chi connectivity index (χ4v) is 7.13. The van der Waals surface area contributed by atoms with E-state index in [1.54, 1.807) is 0 Å². The maximum absolute atomic E-state index is 12.6. The van der Waals surface area contributed by atoms with Gasteiger partial charge < -0.3 is 0 Å². The van der Waals surface area contributed by atoms with E-state index in [2.05, 4.69) is 0 Å². The predicted octanol–water partition coefficient (Wildman–Crippen LogP) is 2.34. The molecule has 2 bridgehead atoms. The van der Waals surface area contributed by atoms with Gasteiger partial charge in [0.05, 0.1) is 16.7 Å². The maximum atomic E-state index is 12.6. The second-order valence-corrected chi connectivity index (χ2v) is 9.14. The number of carbonyl (C=O) groups is 1. The summed E-state index contributed by atoms with van der Waals surface area (Å²) in [5.41, 5.74) is 0.341. The molecule has 1 spiro atoms. The van der Waals surface area contributed by atoms with Crippen LogP contribution in [-0.2, 0) is 14.8 Å². The van der Waals surface area contributed by atoms with E-state index in [1.807, 2.05) is 0 Å². The Morgan fingerprint density at radius 1 is 1.32 bits per heavy atom. The van der Waals surface area contributed by atoms with Crippen LogP contribution < -0.4 is 0 Å². The zero-order valence-electron chi connectivity index (χ0n) is 13.5. The number of fused-ring (bicyclic) bond motifs is 1. The van der Waals surface area contributed by atoms with E-state index in [4.69, 9.17) is 0 Å². The standard InChI is InChI=1S/C17H18N2O5S/c20-16(6-3-12-1-4-14(5-2-12)19(21)22)18-15-9-13-7-8-17(15,10-13)11-25(18,23)24/h1-6,13,15H,7-11H2/b6-3+. The number of carbonyl (C=O) groups excluding carboxylic acids is 1. The van der Waals surface area contributed by atoms with Crippen molar-refractivity contribution in [2.45, 2.75) is 31.7 Å². The first-order valence-electron chi connectivity index (χ1n) is 8.29. The molecule has 1 heterocycles. The molecule has 1 aromatic carbocycles. The summed E-state index contributed by atoms with van der Waals surface area (Å²) in [6.07, 6.45) is 6.39. The summed E-state index contributed by atoms with van der Waals surface area (Å²) < 4.78 is 26.1. The molecule has 1 amide bonds. The average Bonchev–Trinajstić information content (AvgIpc) is 3.16. The average molecular weight is 362 g/mol. The number of nitro groups is 1. The molecule has 1 aromatic rings. The van der Waals surface area contributed by atoms with Gasteiger partial charge in [0.2, 0.25) is 10.0 Å². The first-order valence-corrected chi connectivity index (χ1v) is 9.90. The van der Waals surface area contributed by atoms with Gasteiger partial charge in [-0.25, -0.2) is 12.7 Å². The Morgan fingerprint density at radius 2 is 2.04 bits per heavy atom. The molecule has 2 aliphatic carbocycles. The number of hydrogen-bond donors (Lipinski definition) is 0. The number of hydrogen-bond acceptors (Lipinski definition) is 5. The summed E-state index contributed by atoms with van der Waals surface area (Å²) in [5.74, 6) is 0.0976. The summed E-state index contributed by atoms with van der Waals surface area (Å²) in [6, 6.07) is 5.55. The highest BCUT2D eigenvalue weighted by Gasteiger charge is 2.63. The summed E-state index contributed by atoms with van der Waals surface area (Å²) in [5, 5.41) is 10.7. The number of sulfonamides is 1.